The van der Waals surface area contributed by atoms with E-state index in [9.17, 15) is 4.79 Å². The Kier molecular flexibility index (Phi) is 5.55. The number of rotatable bonds is 4. The predicted octanol–water partition coefficient (Wildman–Crippen LogP) is 4.55. The van der Waals surface area contributed by atoms with E-state index in [0.717, 1.165) is 37.2 Å². The van der Waals surface area contributed by atoms with Gasteiger partial charge in [0.05, 0.1) is 0 Å². The van der Waals surface area contributed by atoms with Gasteiger partial charge in [-0.05, 0) is 75.8 Å². The third-order valence-corrected chi connectivity index (χ3v) is 4.91. The largest absolute Gasteiger partial charge is 0.334 e. The number of piperidine rings is 1. The molecule has 2 heterocycles. The summed E-state index contributed by atoms with van der Waals surface area (Å²) in [5.74, 6) is 0.494. The van der Waals surface area contributed by atoms with Gasteiger partial charge in [-0.3, -0.25) is 4.79 Å². The van der Waals surface area contributed by atoms with Gasteiger partial charge >= 0.3 is 0 Å². The van der Waals surface area contributed by atoms with Crippen LogP contribution in [0, 0.1) is 20.8 Å². The number of anilines is 2. The van der Waals surface area contributed by atoms with Crippen molar-refractivity contribution in [2.75, 3.05) is 11.9 Å². The van der Waals surface area contributed by atoms with Crippen LogP contribution >= 0.6 is 0 Å². The summed E-state index contributed by atoms with van der Waals surface area (Å²) in [7, 11) is 0. The smallest absolute Gasteiger partial charge is 0.272 e. The minimum atomic E-state index is 0.0190. The number of carbonyl (C=O) groups is 1. The number of likely N-dealkylation sites (tertiary alicyclic amines) is 1. The summed E-state index contributed by atoms with van der Waals surface area (Å²) in [4.78, 5) is 24.0. The summed E-state index contributed by atoms with van der Waals surface area (Å²) in [6.07, 6.45) is 4.34. The molecule has 2 aromatic rings. The van der Waals surface area contributed by atoms with Crippen LogP contribution in [0.1, 0.15) is 59.9 Å². The molecule has 1 aromatic heterocycles. The molecule has 1 aliphatic rings. The first-order valence-electron chi connectivity index (χ1n) is 9.48. The van der Waals surface area contributed by atoms with Crippen molar-refractivity contribution in [3.05, 3.63) is 46.8 Å². The molecule has 0 spiro atoms. The highest BCUT2D eigenvalue weighted by Crippen LogP contribution is 2.23. The number of nitrogens with zero attached hydrogens (tertiary/aromatic N) is 3. The summed E-state index contributed by atoms with van der Waals surface area (Å²) < 4.78 is 0. The Bertz CT molecular complexity index is 782. The van der Waals surface area contributed by atoms with E-state index in [4.69, 9.17) is 0 Å². The molecule has 1 fully saturated rings. The Morgan fingerprint density at radius 2 is 1.85 bits per heavy atom. The second-order valence-electron chi connectivity index (χ2n) is 7.28. The highest BCUT2D eigenvalue weighted by molar-refractivity contribution is 5.93. The molecule has 1 aromatic carbocycles. The average molecular weight is 352 g/mol. The van der Waals surface area contributed by atoms with Crippen LogP contribution in [0.2, 0.25) is 0 Å². The molecule has 0 aliphatic carbocycles. The minimum absolute atomic E-state index is 0.0190. The maximum Gasteiger partial charge on any atom is 0.272 e. The Hall–Kier alpha value is -2.43. The van der Waals surface area contributed by atoms with E-state index >= 15 is 0 Å². The minimum Gasteiger partial charge on any atom is -0.334 e. The second-order valence-corrected chi connectivity index (χ2v) is 7.28. The van der Waals surface area contributed by atoms with Gasteiger partial charge in [0.15, 0.2) is 0 Å². The van der Waals surface area contributed by atoms with E-state index in [2.05, 4.69) is 54.3 Å². The number of benzene rings is 1. The number of nitrogens with one attached hydrogen (secondary N) is 1. The normalized spacial score (nSPS) is 17.2. The van der Waals surface area contributed by atoms with Crippen LogP contribution in [0.25, 0.3) is 0 Å². The summed E-state index contributed by atoms with van der Waals surface area (Å²) in [5.41, 5.74) is 4.56. The Morgan fingerprint density at radius 1 is 1.12 bits per heavy atom. The van der Waals surface area contributed by atoms with E-state index in [1.54, 1.807) is 6.07 Å². The van der Waals surface area contributed by atoms with E-state index in [0.29, 0.717) is 17.7 Å². The van der Waals surface area contributed by atoms with Gasteiger partial charge in [0, 0.05) is 24.0 Å². The van der Waals surface area contributed by atoms with Gasteiger partial charge in [-0.1, -0.05) is 13.0 Å². The molecule has 0 radical (unpaired) electrons. The third-order valence-electron chi connectivity index (χ3n) is 4.91. The number of hydrogen-bond acceptors (Lipinski definition) is 4. The monoisotopic (exact) mass is 352 g/mol. The number of carbonyl (C=O) groups excluding carboxylic acids is 1. The molecule has 5 heteroatoms. The molecular weight excluding hydrogens is 324 g/mol. The van der Waals surface area contributed by atoms with Crippen molar-refractivity contribution in [3.8, 4) is 0 Å². The van der Waals surface area contributed by atoms with Crippen LogP contribution in [0.15, 0.2) is 24.3 Å². The molecule has 5 nitrogen and oxygen atoms in total. The second kappa shape index (κ2) is 7.85. The lowest BCUT2D eigenvalue weighted by Crippen LogP contribution is -2.43. The Labute approximate surface area is 155 Å². The lowest BCUT2D eigenvalue weighted by atomic mass is 9.99. The highest BCUT2D eigenvalue weighted by atomic mass is 16.2. The molecule has 0 saturated carbocycles. The summed E-state index contributed by atoms with van der Waals surface area (Å²) in [5, 5.41) is 3.26. The van der Waals surface area contributed by atoms with Crippen LogP contribution in [0.4, 0.5) is 11.6 Å². The summed E-state index contributed by atoms with van der Waals surface area (Å²) >= 11 is 0. The molecule has 26 heavy (non-hydrogen) atoms. The first kappa shape index (κ1) is 18.4. The topological polar surface area (TPSA) is 58.1 Å². The maximum absolute atomic E-state index is 13.0. The van der Waals surface area contributed by atoms with Gasteiger partial charge in [-0.2, -0.15) is 0 Å². The standard InChI is InChI=1S/C21H28N4O/c1-5-18-8-6-7-9-25(18)20(26)19-13-16(4)22-21(24-19)23-17-11-14(2)10-15(3)12-17/h10-13,18H,5-9H2,1-4H3,(H,22,23,24). The van der Waals surface area contributed by atoms with Crippen molar-refractivity contribution >= 4 is 17.5 Å². The van der Waals surface area contributed by atoms with Crippen LogP contribution in [0.5, 0.6) is 0 Å². The fourth-order valence-corrected chi connectivity index (χ4v) is 3.75. The Balaban J connectivity index is 1.86. The fourth-order valence-electron chi connectivity index (χ4n) is 3.75. The van der Waals surface area contributed by atoms with Gasteiger partial charge in [0.1, 0.15) is 5.69 Å². The maximum atomic E-state index is 13.0. The Morgan fingerprint density at radius 3 is 2.54 bits per heavy atom. The van der Waals surface area contributed by atoms with E-state index in [1.807, 2.05) is 11.8 Å². The zero-order chi connectivity index (χ0) is 18.7. The lowest BCUT2D eigenvalue weighted by molar-refractivity contribution is 0.0602. The van der Waals surface area contributed by atoms with Gasteiger partial charge in [-0.25, -0.2) is 9.97 Å². The quantitative estimate of drug-likeness (QED) is 0.877. The van der Waals surface area contributed by atoms with Crippen LogP contribution in [-0.2, 0) is 0 Å². The zero-order valence-corrected chi connectivity index (χ0v) is 16.2. The van der Waals surface area contributed by atoms with Crippen molar-refractivity contribution in [2.45, 2.75) is 59.4 Å². The summed E-state index contributed by atoms with van der Waals surface area (Å²) in [6.45, 7) is 8.99. The van der Waals surface area contributed by atoms with Crippen LogP contribution < -0.4 is 5.32 Å². The molecule has 1 unspecified atom stereocenters. The van der Waals surface area contributed by atoms with Crippen molar-refractivity contribution < 1.29 is 4.79 Å². The summed E-state index contributed by atoms with van der Waals surface area (Å²) in [6, 6.07) is 8.34. The molecular formula is C21H28N4O. The van der Waals surface area contributed by atoms with Crippen molar-refractivity contribution in [1.82, 2.24) is 14.9 Å². The van der Waals surface area contributed by atoms with E-state index < -0.39 is 0 Å². The predicted molar refractivity (Wildman–Crippen MR) is 105 cm³/mol. The van der Waals surface area contributed by atoms with Crippen LogP contribution in [0.3, 0.4) is 0 Å². The average Bonchev–Trinajstić information content (AvgIpc) is 2.59. The number of aryl methyl sites for hydroxylation is 3. The van der Waals surface area contributed by atoms with Gasteiger partial charge in [0.25, 0.3) is 5.91 Å². The van der Waals surface area contributed by atoms with Crippen molar-refractivity contribution in [3.63, 3.8) is 0 Å². The number of hydrogen-bond donors (Lipinski definition) is 1. The third kappa shape index (κ3) is 4.21. The first-order valence-corrected chi connectivity index (χ1v) is 9.48. The van der Waals surface area contributed by atoms with Gasteiger partial charge in [-0.15, -0.1) is 0 Å². The number of aromatic nitrogens is 2. The number of amides is 1. The molecule has 1 atom stereocenters. The molecule has 1 amide bonds. The molecule has 1 aliphatic heterocycles. The van der Waals surface area contributed by atoms with E-state index in [-0.39, 0.29) is 5.91 Å². The molecule has 1 saturated heterocycles. The van der Waals surface area contributed by atoms with Crippen molar-refractivity contribution in [1.29, 1.82) is 0 Å². The van der Waals surface area contributed by atoms with Gasteiger partial charge < -0.3 is 10.2 Å². The lowest BCUT2D eigenvalue weighted by Gasteiger charge is -2.35. The fraction of sp³-hybridized carbons (Fsp3) is 0.476. The molecule has 0 bridgehead atoms. The van der Waals surface area contributed by atoms with E-state index in [1.165, 1.54) is 17.5 Å². The molecule has 3 rings (SSSR count). The van der Waals surface area contributed by atoms with Crippen LogP contribution in [-0.4, -0.2) is 33.4 Å². The highest BCUT2D eigenvalue weighted by Gasteiger charge is 2.27. The van der Waals surface area contributed by atoms with Crippen molar-refractivity contribution in [2.24, 2.45) is 0 Å². The zero-order valence-electron chi connectivity index (χ0n) is 16.2. The molecule has 138 valence electrons. The van der Waals surface area contributed by atoms with Gasteiger partial charge in [0.2, 0.25) is 5.95 Å². The SMILES string of the molecule is CCC1CCCCN1C(=O)c1cc(C)nc(Nc2cc(C)cc(C)c2)n1. The first-order chi connectivity index (χ1) is 12.5. The molecule has 1 N–H and O–H groups in total.